The van der Waals surface area contributed by atoms with Gasteiger partial charge in [-0.05, 0) is 23.1 Å². The van der Waals surface area contributed by atoms with Crippen LogP contribution in [0.5, 0.6) is 0 Å². The fourth-order valence-electron chi connectivity index (χ4n) is 2.11. The number of halogens is 2. The Morgan fingerprint density at radius 3 is 2.10 bits per heavy atom. The minimum atomic E-state index is -3.31. The number of alkyl halides is 2. The topological polar surface area (TPSA) is 20.2 Å². The fraction of sp³-hybridized carbons (Fsp3) is 0.294. The average molecular weight is 276 g/mol. The van der Waals surface area contributed by atoms with E-state index in [1.54, 1.807) is 24.3 Å². The maximum atomic E-state index is 14.4. The Hall–Kier alpha value is -1.74. The molecule has 20 heavy (non-hydrogen) atoms. The summed E-state index contributed by atoms with van der Waals surface area (Å²) >= 11 is 0. The molecule has 0 heterocycles. The second-order valence-electron chi connectivity index (χ2n) is 5.22. The van der Waals surface area contributed by atoms with Gasteiger partial charge in [0.05, 0.1) is 0 Å². The lowest BCUT2D eigenvalue weighted by molar-refractivity contribution is -0.117. The Bertz CT molecular complexity index is 564. The third kappa shape index (κ3) is 2.88. The first-order valence-corrected chi connectivity index (χ1v) is 6.64. The van der Waals surface area contributed by atoms with Crippen LogP contribution in [0.3, 0.4) is 0 Å². The molecule has 0 aliphatic carbocycles. The van der Waals surface area contributed by atoms with Gasteiger partial charge in [0.2, 0.25) is 0 Å². The third-order valence-corrected chi connectivity index (χ3v) is 3.40. The number of hydrogen-bond donors (Lipinski definition) is 1. The van der Waals surface area contributed by atoms with Gasteiger partial charge in [0.15, 0.2) is 0 Å². The van der Waals surface area contributed by atoms with E-state index in [-0.39, 0.29) is 17.0 Å². The van der Waals surface area contributed by atoms with Gasteiger partial charge >= 0.3 is 5.92 Å². The smallest absolute Gasteiger partial charge is 0.302 e. The van der Waals surface area contributed by atoms with Crippen molar-refractivity contribution in [1.82, 2.24) is 0 Å². The molecule has 0 aliphatic heterocycles. The van der Waals surface area contributed by atoms with Crippen LogP contribution in [-0.4, -0.2) is 5.11 Å². The molecule has 2 aromatic rings. The van der Waals surface area contributed by atoms with Gasteiger partial charge in [-0.15, -0.1) is 0 Å². The van der Waals surface area contributed by atoms with Crippen molar-refractivity contribution in [2.45, 2.75) is 31.8 Å². The maximum Gasteiger partial charge on any atom is 0.302 e. The Balaban J connectivity index is 2.37. The van der Waals surface area contributed by atoms with Gasteiger partial charge in [0, 0.05) is 5.56 Å². The minimum Gasteiger partial charge on any atom is -0.382 e. The highest BCUT2D eigenvalue weighted by Gasteiger charge is 2.41. The van der Waals surface area contributed by atoms with Crippen LogP contribution in [0.2, 0.25) is 0 Å². The lowest BCUT2D eigenvalue weighted by Crippen LogP contribution is -2.24. The molecule has 2 aromatic carbocycles. The molecule has 3 heteroatoms. The predicted octanol–water partition coefficient (Wildman–Crippen LogP) is 4.64. The van der Waals surface area contributed by atoms with Crippen molar-refractivity contribution in [1.29, 1.82) is 0 Å². The van der Waals surface area contributed by atoms with E-state index in [0.717, 1.165) is 5.56 Å². The van der Waals surface area contributed by atoms with Crippen molar-refractivity contribution in [3.63, 3.8) is 0 Å². The second kappa shape index (κ2) is 5.71. The van der Waals surface area contributed by atoms with E-state index in [1.165, 1.54) is 24.3 Å². The van der Waals surface area contributed by atoms with Crippen molar-refractivity contribution >= 4 is 0 Å². The molecule has 1 nitrogen and oxygen atoms in total. The number of rotatable bonds is 4. The Labute approximate surface area is 117 Å². The summed E-state index contributed by atoms with van der Waals surface area (Å²) in [7, 11) is 0. The molecule has 0 saturated carbocycles. The van der Waals surface area contributed by atoms with Gasteiger partial charge < -0.3 is 5.11 Å². The molecule has 0 radical (unpaired) electrons. The summed E-state index contributed by atoms with van der Waals surface area (Å²) in [6.45, 7) is 3.90. The molecule has 0 aromatic heterocycles. The van der Waals surface area contributed by atoms with E-state index in [2.05, 4.69) is 0 Å². The standard InChI is InChI=1S/C17H18F2O/c1-12(2)14-9-6-10-15(11-14)17(18,19)16(20)13-7-4-3-5-8-13/h3-12,16,20H,1-2H3/t16-/m0/s1. The van der Waals surface area contributed by atoms with Gasteiger partial charge in [-0.1, -0.05) is 62.4 Å². The second-order valence-corrected chi connectivity index (χ2v) is 5.22. The molecule has 0 saturated heterocycles. The van der Waals surface area contributed by atoms with Gasteiger partial charge in [0.1, 0.15) is 6.10 Å². The fourth-order valence-corrected chi connectivity index (χ4v) is 2.11. The Morgan fingerprint density at radius 1 is 0.900 bits per heavy atom. The van der Waals surface area contributed by atoms with Crippen molar-refractivity contribution in [3.8, 4) is 0 Å². The van der Waals surface area contributed by atoms with E-state index >= 15 is 0 Å². The average Bonchev–Trinajstić information content (AvgIpc) is 2.47. The quantitative estimate of drug-likeness (QED) is 0.862. The van der Waals surface area contributed by atoms with Crippen LogP contribution in [0.1, 0.15) is 42.6 Å². The normalized spacial score (nSPS) is 13.5. The molecule has 0 bridgehead atoms. The van der Waals surface area contributed by atoms with E-state index in [0.29, 0.717) is 0 Å². The molecule has 1 N–H and O–H groups in total. The Kier molecular flexibility index (Phi) is 4.19. The highest BCUT2D eigenvalue weighted by Crippen LogP contribution is 2.41. The zero-order valence-electron chi connectivity index (χ0n) is 11.6. The van der Waals surface area contributed by atoms with Crippen LogP contribution < -0.4 is 0 Å². The third-order valence-electron chi connectivity index (χ3n) is 3.40. The highest BCUT2D eigenvalue weighted by molar-refractivity contribution is 5.32. The zero-order valence-corrected chi connectivity index (χ0v) is 11.6. The zero-order chi connectivity index (χ0) is 14.8. The summed E-state index contributed by atoms with van der Waals surface area (Å²) in [5.41, 5.74) is 0.898. The van der Waals surface area contributed by atoms with Crippen LogP contribution >= 0.6 is 0 Å². The van der Waals surface area contributed by atoms with Gasteiger partial charge in [-0.2, -0.15) is 8.78 Å². The number of hydrogen-bond acceptors (Lipinski definition) is 1. The van der Waals surface area contributed by atoms with Crippen molar-refractivity contribution in [2.75, 3.05) is 0 Å². The predicted molar refractivity (Wildman–Crippen MR) is 75.8 cm³/mol. The largest absolute Gasteiger partial charge is 0.382 e. The summed E-state index contributed by atoms with van der Waals surface area (Å²) < 4.78 is 28.9. The van der Waals surface area contributed by atoms with E-state index < -0.39 is 12.0 Å². The molecule has 1 atom stereocenters. The molecular weight excluding hydrogens is 258 g/mol. The van der Waals surface area contributed by atoms with Crippen molar-refractivity contribution < 1.29 is 13.9 Å². The number of benzene rings is 2. The van der Waals surface area contributed by atoms with E-state index in [4.69, 9.17) is 0 Å². The van der Waals surface area contributed by atoms with Crippen LogP contribution in [-0.2, 0) is 5.92 Å². The van der Waals surface area contributed by atoms with Crippen LogP contribution in [0, 0.1) is 0 Å². The molecule has 106 valence electrons. The molecule has 0 aliphatic rings. The van der Waals surface area contributed by atoms with Gasteiger partial charge in [-0.25, -0.2) is 0 Å². The molecule has 0 fully saturated rings. The lowest BCUT2D eigenvalue weighted by Gasteiger charge is -2.24. The first-order chi connectivity index (χ1) is 9.43. The Morgan fingerprint density at radius 2 is 1.50 bits per heavy atom. The highest BCUT2D eigenvalue weighted by atomic mass is 19.3. The first-order valence-electron chi connectivity index (χ1n) is 6.64. The molecular formula is C17H18F2O. The number of aliphatic hydroxyl groups excluding tert-OH is 1. The van der Waals surface area contributed by atoms with Crippen molar-refractivity contribution in [3.05, 3.63) is 71.3 Å². The minimum absolute atomic E-state index is 0.153. The summed E-state index contributed by atoms with van der Waals surface area (Å²) in [6.07, 6.45) is -1.84. The molecule has 2 rings (SSSR count). The molecule has 0 unspecified atom stereocenters. The molecule has 0 amide bonds. The van der Waals surface area contributed by atoms with Crippen LogP contribution in [0.4, 0.5) is 8.78 Å². The van der Waals surface area contributed by atoms with Gasteiger partial charge in [0.25, 0.3) is 0 Å². The van der Waals surface area contributed by atoms with Crippen LogP contribution in [0.25, 0.3) is 0 Å². The summed E-state index contributed by atoms with van der Waals surface area (Å²) in [5.74, 6) is -3.15. The van der Waals surface area contributed by atoms with Crippen molar-refractivity contribution in [2.24, 2.45) is 0 Å². The summed E-state index contributed by atoms with van der Waals surface area (Å²) in [4.78, 5) is 0. The first kappa shape index (κ1) is 14.7. The summed E-state index contributed by atoms with van der Waals surface area (Å²) in [6, 6.07) is 14.3. The lowest BCUT2D eigenvalue weighted by atomic mass is 9.93. The van der Waals surface area contributed by atoms with E-state index in [9.17, 15) is 13.9 Å². The molecule has 0 spiro atoms. The number of aliphatic hydroxyl groups is 1. The van der Waals surface area contributed by atoms with Crippen LogP contribution in [0.15, 0.2) is 54.6 Å². The SMILES string of the molecule is CC(C)c1cccc(C(F)(F)[C@@H](O)c2ccccc2)c1. The van der Waals surface area contributed by atoms with Gasteiger partial charge in [-0.3, -0.25) is 0 Å². The maximum absolute atomic E-state index is 14.4. The van der Waals surface area contributed by atoms with E-state index in [1.807, 2.05) is 19.9 Å². The summed E-state index contributed by atoms with van der Waals surface area (Å²) in [5, 5.41) is 9.98. The monoisotopic (exact) mass is 276 g/mol.